The van der Waals surface area contributed by atoms with Crippen molar-refractivity contribution in [2.45, 2.75) is 68.7 Å². The lowest BCUT2D eigenvalue weighted by atomic mass is 9.82. The van der Waals surface area contributed by atoms with Crippen molar-refractivity contribution in [1.82, 2.24) is 10.0 Å². The fraction of sp³-hybridized carbons (Fsp3) is 0.548. The second-order valence-corrected chi connectivity index (χ2v) is 13.6. The molecule has 1 unspecified atom stereocenters. The summed E-state index contributed by atoms with van der Waals surface area (Å²) >= 11 is 0. The van der Waals surface area contributed by atoms with Crippen LogP contribution in [0.15, 0.2) is 53.4 Å². The topological polar surface area (TPSA) is 134 Å². The Morgan fingerprint density at radius 2 is 1.68 bits per heavy atom. The zero-order valence-electron chi connectivity index (χ0n) is 23.7. The molecule has 2 amide bonds. The van der Waals surface area contributed by atoms with E-state index in [1.807, 2.05) is 18.2 Å². The second kappa shape index (κ2) is 13.4. The van der Waals surface area contributed by atoms with Gasteiger partial charge < -0.3 is 21.3 Å². The summed E-state index contributed by atoms with van der Waals surface area (Å²) in [6.07, 6.45) is 7.63. The van der Waals surface area contributed by atoms with Crippen molar-refractivity contribution >= 4 is 33.2 Å². The molecule has 2 aromatic carbocycles. The Labute approximate surface area is 246 Å². The number of primary amides is 1. The molecule has 1 aliphatic carbocycles. The summed E-state index contributed by atoms with van der Waals surface area (Å²) in [5.74, 6) is 0.190. The van der Waals surface area contributed by atoms with Crippen molar-refractivity contribution in [3.8, 4) is 0 Å². The van der Waals surface area contributed by atoms with Gasteiger partial charge >= 0.3 is 0 Å². The van der Waals surface area contributed by atoms with Crippen LogP contribution in [0.25, 0.3) is 0 Å². The first-order valence-electron chi connectivity index (χ1n) is 15.0. The Kier molecular flexibility index (Phi) is 9.62. The Morgan fingerprint density at radius 1 is 0.951 bits per heavy atom. The minimum absolute atomic E-state index is 0. The van der Waals surface area contributed by atoms with Gasteiger partial charge in [0.15, 0.2) is 0 Å². The smallest absolute Gasteiger partial charge is 0.242 e. The van der Waals surface area contributed by atoms with Gasteiger partial charge in [-0.2, -0.15) is 0 Å². The monoisotopic (exact) mass is 585 g/mol. The number of nitrogens with one attached hydrogen (secondary N) is 3. The summed E-state index contributed by atoms with van der Waals surface area (Å²) in [5, 5.41) is 6.12. The van der Waals surface area contributed by atoms with Crippen LogP contribution >= 0.6 is 0 Å². The molecule has 2 aromatic rings. The Balaban J connectivity index is 0.00000253. The molecule has 2 saturated heterocycles. The van der Waals surface area contributed by atoms with Gasteiger partial charge in [-0.05, 0) is 99.9 Å². The summed E-state index contributed by atoms with van der Waals surface area (Å²) in [5.41, 5.74) is 7.95. The highest BCUT2D eigenvalue weighted by Crippen LogP contribution is 2.34. The number of carbonyl (C=O) groups excluding carboxylic acids is 2. The third-order valence-electron chi connectivity index (χ3n) is 9.03. The van der Waals surface area contributed by atoms with E-state index in [1.54, 1.807) is 6.07 Å². The minimum Gasteiger partial charge on any atom is -0.370 e. The van der Waals surface area contributed by atoms with Crippen LogP contribution in [0.4, 0.5) is 11.4 Å². The van der Waals surface area contributed by atoms with Gasteiger partial charge in [-0.3, -0.25) is 9.59 Å². The number of piperidine rings is 1. The maximum Gasteiger partial charge on any atom is 0.242 e. The normalized spacial score (nSPS) is 23.8. The molecule has 3 fully saturated rings. The van der Waals surface area contributed by atoms with Gasteiger partial charge in [0.2, 0.25) is 21.8 Å². The van der Waals surface area contributed by atoms with Crippen molar-refractivity contribution in [3.05, 3.63) is 54.1 Å². The van der Waals surface area contributed by atoms with E-state index in [0.29, 0.717) is 36.7 Å². The lowest BCUT2D eigenvalue weighted by Crippen LogP contribution is -2.37. The fourth-order valence-electron chi connectivity index (χ4n) is 6.49. The Bertz CT molecular complexity index is 1310. The Hall–Kier alpha value is -2.95. The van der Waals surface area contributed by atoms with Crippen molar-refractivity contribution in [2.24, 2.45) is 23.5 Å². The summed E-state index contributed by atoms with van der Waals surface area (Å²) in [7, 11) is -3.86. The van der Waals surface area contributed by atoms with E-state index in [0.717, 1.165) is 64.6 Å². The molecule has 41 heavy (non-hydrogen) atoms. The summed E-state index contributed by atoms with van der Waals surface area (Å²) in [4.78, 5) is 26.7. The van der Waals surface area contributed by atoms with Crippen molar-refractivity contribution in [3.63, 3.8) is 0 Å². The number of sulfonamides is 1. The van der Waals surface area contributed by atoms with E-state index in [9.17, 15) is 18.0 Å². The maximum atomic E-state index is 13.8. The third kappa shape index (κ3) is 7.67. The van der Waals surface area contributed by atoms with Gasteiger partial charge in [-0.1, -0.05) is 30.3 Å². The molecule has 9 nitrogen and oxygen atoms in total. The van der Waals surface area contributed by atoms with Gasteiger partial charge in [0.1, 0.15) is 4.90 Å². The molecule has 1 saturated carbocycles. The number of anilines is 2. The zero-order chi connectivity index (χ0) is 28.8. The number of nitrogens with two attached hydrogens (primary N) is 1. The van der Waals surface area contributed by atoms with Crippen molar-refractivity contribution in [2.75, 3.05) is 36.4 Å². The number of rotatable bonds is 10. The molecule has 5 N–H and O–H groups in total. The van der Waals surface area contributed by atoms with Gasteiger partial charge in [0.05, 0.1) is 11.7 Å². The predicted molar refractivity (Wildman–Crippen MR) is 165 cm³/mol. The number of nitrogens with zero attached hydrogens (tertiary/aromatic N) is 1. The lowest BCUT2D eigenvalue weighted by Gasteiger charge is -2.35. The minimum atomic E-state index is -3.86. The van der Waals surface area contributed by atoms with Gasteiger partial charge in [0.25, 0.3) is 0 Å². The molecule has 2 heterocycles. The molecule has 0 aromatic heterocycles. The molecule has 0 spiro atoms. The SMILES string of the molecule is NC(=O)C1CCC(CNS(=O)(=O)c2cc(NC(=O)C3CCCN3)ccc2N2CCC(Cc3ccccc3)CC2)CC1.[HH].[HH]. The first-order chi connectivity index (χ1) is 19.8. The quantitative estimate of drug-likeness (QED) is 0.334. The summed E-state index contributed by atoms with van der Waals surface area (Å²) in [6.45, 7) is 2.67. The van der Waals surface area contributed by atoms with Crippen molar-refractivity contribution < 1.29 is 20.9 Å². The maximum absolute atomic E-state index is 13.8. The van der Waals surface area contributed by atoms with Crippen LogP contribution in [-0.2, 0) is 26.0 Å². The van der Waals surface area contributed by atoms with Crippen LogP contribution in [0.1, 0.15) is 59.8 Å². The Morgan fingerprint density at radius 3 is 2.34 bits per heavy atom. The van der Waals surface area contributed by atoms with E-state index in [4.69, 9.17) is 5.73 Å². The molecule has 3 aliphatic rings. The highest BCUT2D eigenvalue weighted by Gasteiger charge is 2.30. The van der Waals surface area contributed by atoms with E-state index < -0.39 is 10.0 Å². The van der Waals surface area contributed by atoms with Crippen LogP contribution in [0, 0.1) is 17.8 Å². The number of hydrogen-bond acceptors (Lipinski definition) is 6. The van der Waals surface area contributed by atoms with E-state index in [1.165, 1.54) is 5.56 Å². The number of carbonyl (C=O) groups is 2. The van der Waals surface area contributed by atoms with Gasteiger partial charge in [-0.25, -0.2) is 13.1 Å². The molecule has 226 valence electrons. The highest BCUT2D eigenvalue weighted by atomic mass is 32.2. The molecule has 0 bridgehead atoms. The number of amides is 2. The molecular weight excluding hydrogens is 538 g/mol. The van der Waals surface area contributed by atoms with E-state index in [2.05, 4.69) is 44.5 Å². The van der Waals surface area contributed by atoms with Crippen molar-refractivity contribution in [1.29, 1.82) is 0 Å². The molecule has 2 aliphatic heterocycles. The van der Waals surface area contributed by atoms with Gasteiger partial charge in [0, 0.05) is 34.1 Å². The highest BCUT2D eigenvalue weighted by molar-refractivity contribution is 7.89. The average molecular weight is 586 g/mol. The molecule has 5 rings (SSSR count). The van der Waals surface area contributed by atoms with E-state index in [-0.39, 0.29) is 37.4 Å². The summed E-state index contributed by atoms with van der Waals surface area (Å²) < 4.78 is 30.4. The second-order valence-electron chi connectivity index (χ2n) is 11.9. The molecular formula is C31H47N5O4S. The van der Waals surface area contributed by atoms with Crippen LogP contribution in [0.2, 0.25) is 0 Å². The average Bonchev–Trinajstić information content (AvgIpc) is 3.53. The van der Waals surface area contributed by atoms with Gasteiger partial charge in [-0.15, -0.1) is 0 Å². The molecule has 0 radical (unpaired) electrons. The summed E-state index contributed by atoms with van der Waals surface area (Å²) in [6, 6.07) is 15.5. The lowest BCUT2D eigenvalue weighted by molar-refractivity contribution is -0.123. The third-order valence-corrected chi connectivity index (χ3v) is 10.5. The molecule has 1 atom stereocenters. The van der Waals surface area contributed by atoms with Crippen LogP contribution in [0.3, 0.4) is 0 Å². The fourth-order valence-corrected chi connectivity index (χ4v) is 7.85. The van der Waals surface area contributed by atoms with Crippen LogP contribution < -0.4 is 26.0 Å². The number of benzene rings is 2. The van der Waals surface area contributed by atoms with Crippen LogP contribution in [0.5, 0.6) is 0 Å². The zero-order valence-corrected chi connectivity index (χ0v) is 24.5. The van der Waals surface area contributed by atoms with Crippen LogP contribution in [-0.4, -0.2) is 52.5 Å². The largest absolute Gasteiger partial charge is 0.370 e. The predicted octanol–water partition coefficient (Wildman–Crippen LogP) is 3.90. The number of hydrogen-bond donors (Lipinski definition) is 4. The molecule has 10 heteroatoms. The first-order valence-corrected chi connectivity index (χ1v) is 16.5. The standard InChI is InChI=1S/C31H43N5O4S.2H2/c32-30(37)25-10-8-24(9-11-25)21-34-41(39,40)29-20-26(35-31(38)27-7-4-16-33-27)12-13-28(29)36-17-14-23(15-18-36)19-22-5-2-1-3-6-22;;/h1-3,5-6,12-13,20,23-25,27,33-34H,4,7-11,14-19,21H2,(H2,32,37)(H,35,38);2*1H. The first kappa shape index (κ1) is 29.5. The van der Waals surface area contributed by atoms with E-state index >= 15 is 0 Å².